The third-order valence-electron chi connectivity index (χ3n) is 5.21. The zero-order valence-corrected chi connectivity index (χ0v) is 18.6. The number of ether oxygens (including phenoxy) is 2. The summed E-state index contributed by atoms with van der Waals surface area (Å²) in [4.78, 5) is 27.6. The molecule has 1 unspecified atom stereocenters. The van der Waals surface area contributed by atoms with Crippen LogP contribution >= 0.6 is 0 Å². The Labute approximate surface area is 182 Å². The average molecular weight is 425 g/mol. The number of aromatic nitrogens is 1. The van der Waals surface area contributed by atoms with Gasteiger partial charge >= 0.3 is 11.9 Å². The molecule has 0 aliphatic heterocycles. The zero-order chi connectivity index (χ0) is 23.1. The topological polar surface area (TPSA) is 117 Å². The van der Waals surface area contributed by atoms with Crippen molar-refractivity contribution < 1.29 is 19.1 Å². The third kappa shape index (κ3) is 6.25. The summed E-state index contributed by atoms with van der Waals surface area (Å²) in [7, 11) is 1.34. The van der Waals surface area contributed by atoms with Crippen LogP contribution in [0.2, 0.25) is 0 Å². The van der Waals surface area contributed by atoms with Crippen molar-refractivity contribution in [2.75, 3.05) is 7.11 Å². The molecule has 8 heteroatoms. The number of carbonyl (C=O) groups is 2. The molecule has 0 saturated heterocycles. The number of benzene rings is 1. The van der Waals surface area contributed by atoms with E-state index in [1.54, 1.807) is 50.2 Å². The molecule has 0 amide bonds. The van der Waals surface area contributed by atoms with Gasteiger partial charge < -0.3 is 14.5 Å². The Balaban J connectivity index is 1.97. The summed E-state index contributed by atoms with van der Waals surface area (Å²) in [6, 6.07) is 12.4. The van der Waals surface area contributed by atoms with Crippen molar-refractivity contribution in [3.8, 4) is 6.07 Å². The van der Waals surface area contributed by atoms with Crippen LogP contribution in [-0.2, 0) is 25.7 Å². The van der Waals surface area contributed by atoms with Gasteiger partial charge in [-0.25, -0.2) is 0 Å². The second-order valence-corrected chi connectivity index (χ2v) is 8.28. The molecule has 0 radical (unpaired) electrons. The van der Waals surface area contributed by atoms with Crippen molar-refractivity contribution in [3.63, 3.8) is 0 Å². The number of carbonyl (C=O) groups excluding carboxylic acids is 2. The normalized spacial score (nSPS) is 13.4. The minimum atomic E-state index is -0.801. The van der Waals surface area contributed by atoms with E-state index in [9.17, 15) is 9.59 Å². The van der Waals surface area contributed by atoms with Gasteiger partial charge in [0.2, 0.25) is 0 Å². The first kappa shape index (κ1) is 23.8. The lowest BCUT2D eigenvalue weighted by molar-refractivity contribution is -0.162. The number of esters is 2. The van der Waals surface area contributed by atoms with Crippen LogP contribution in [0, 0.1) is 22.2 Å². The van der Waals surface area contributed by atoms with Gasteiger partial charge in [-0.3, -0.25) is 9.59 Å². The zero-order valence-electron chi connectivity index (χ0n) is 18.6. The number of hydrogen-bond acceptors (Lipinski definition) is 7. The molecular formula is C23H28N4O4. The molecule has 164 valence electrons. The number of methoxy groups -OCH3 is 1. The maximum Gasteiger partial charge on any atom is 0.312 e. The smallest absolute Gasteiger partial charge is 0.312 e. The lowest BCUT2D eigenvalue weighted by atomic mass is 9.72. The Kier molecular flexibility index (Phi) is 7.70. The summed E-state index contributed by atoms with van der Waals surface area (Å²) in [5.41, 5.74) is 0.258. The molecule has 2 aromatic rings. The van der Waals surface area contributed by atoms with E-state index in [1.807, 2.05) is 19.9 Å². The van der Waals surface area contributed by atoms with Crippen molar-refractivity contribution in [2.45, 2.75) is 47.1 Å². The Hall–Kier alpha value is -3.47. The number of rotatable bonds is 9. The number of nitrogens with zero attached hydrogens (tertiary/aromatic N) is 3. The lowest BCUT2D eigenvalue weighted by Gasteiger charge is -2.33. The number of H-pyrrole nitrogens is 1. The molecule has 0 aliphatic rings. The minimum absolute atomic E-state index is 0.118. The van der Waals surface area contributed by atoms with Gasteiger partial charge in [-0.05, 0) is 63.4 Å². The molecule has 1 N–H and O–H groups in total. The van der Waals surface area contributed by atoms with Gasteiger partial charge in [0.15, 0.2) is 5.82 Å². The molecular weight excluding hydrogens is 396 g/mol. The molecule has 0 spiro atoms. The molecule has 31 heavy (non-hydrogen) atoms. The second kappa shape index (κ2) is 10.0. The van der Waals surface area contributed by atoms with Gasteiger partial charge in [0.1, 0.15) is 18.4 Å². The monoisotopic (exact) mass is 424 g/mol. The average Bonchev–Trinajstić information content (AvgIpc) is 3.23. The fourth-order valence-electron chi connectivity index (χ4n) is 3.27. The number of azo groups is 1. The maximum atomic E-state index is 12.8. The molecule has 0 bridgehead atoms. The highest BCUT2D eigenvalue weighted by Crippen LogP contribution is 2.38. The summed E-state index contributed by atoms with van der Waals surface area (Å²) in [5, 5.41) is 17.0. The predicted molar refractivity (Wildman–Crippen MR) is 115 cm³/mol. The lowest BCUT2D eigenvalue weighted by Crippen LogP contribution is -2.38. The van der Waals surface area contributed by atoms with E-state index in [0.717, 1.165) is 5.56 Å². The van der Waals surface area contributed by atoms with Crippen LogP contribution in [0.4, 0.5) is 11.5 Å². The highest BCUT2D eigenvalue weighted by molar-refractivity contribution is 5.80. The van der Waals surface area contributed by atoms with E-state index in [0.29, 0.717) is 30.0 Å². The molecule has 1 heterocycles. The van der Waals surface area contributed by atoms with Crippen molar-refractivity contribution in [3.05, 3.63) is 47.7 Å². The van der Waals surface area contributed by atoms with E-state index in [1.165, 1.54) is 7.11 Å². The van der Waals surface area contributed by atoms with Crippen LogP contribution in [0.1, 0.15) is 51.8 Å². The van der Waals surface area contributed by atoms with Gasteiger partial charge in [-0.2, -0.15) is 5.26 Å². The number of aromatic amines is 1. The van der Waals surface area contributed by atoms with Gasteiger partial charge in [0.05, 0.1) is 23.6 Å². The van der Waals surface area contributed by atoms with Gasteiger partial charge in [-0.1, -0.05) is 19.1 Å². The molecule has 0 aliphatic carbocycles. The van der Waals surface area contributed by atoms with E-state index in [4.69, 9.17) is 14.7 Å². The summed E-state index contributed by atoms with van der Waals surface area (Å²) in [6.45, 7) is 7.36. The summed E-state index contributed by atoms with van der Waals surface area (Å²) in [6.07, 6.45) is 0.866. The van der Waals surface area contributed by atoms with E-state index < -0.39 is 10.8 Å². The van der Waals surface area contributed by atoms with Crippen LogP contribution < -0.4 is 0 Å². The number of nitrogens with one attached hydrogen (secondary N) is 1. The minimum Gasteiger partial charge on any atom is -0.469 e. The standard InChI is InChI=1S/C23H28N4O4/c1-6-23(4,15-22(2,3)20(28)30-5)21(29)31-14-16-7-9-17(10-8-16)26-27-19-12-11-18(13-24)25-19/h7-12,25H,6,14-15H2,1-5H3. The maximum absolute atomic E-state index is 12.8. The molecule has 0 saturated carbocycles. The Bertz CT molecular complexity index is 986. The van der Waals surface area contributed by atoms with Gasteiger partial charge in [0, 0.05) is 0 Å². The highest BCUT2D eigenvalue weighted by atomic mass is 16.5. The van der Waals surface area contributed by atoms with E-state index in [2.05, 4.69) is 15.2 Å². The first-order chi connectivity index (χ1) is 14.6. The van der Waals surface area contributed by atoms with Crippen molar-refractivity contribution >= 4 is 23.4 Å². The largest absolute Gasteiger partial charge is 0.469 e. The van der Waals surface area contributed by atoms with Crippen LogP contribution in [0.5, 0.6) is 0 Å². The van der Waals surface area contributed by atoms with Crippen LogP contribution in [-0.4, -0.2) is 24.0 Å². The number of hydrogen-bond donors (Lipinski definition) is 1. The first-order valence-corrected chi connectivity index (χ1v) is 9.99. The van der Waals surface area contributed by atoms with Crippen molar-refractivity contribution in [2.24, 2.45) is 21.1 Å². The highest BCUT2D eigenvalue weighted by Gasteiger charge is 2.42. The van der Waals surface area contributed by atoms with Crippen molar-refractivity contribution in [1.82, 2.24) is 4.98 Å². The van der Waals surface area contributed by atoms with Crippen LogP contribution in [0.15, 0.2) is 46.6 Å². The van der Waals surface area contributed by atoms with Gasteiger partial charge in [-0.15, -0.1) is 10.2 Å². The fraction of sp³-hybridized carbons (Fsp3) is 0.435. The molecule has 1 aromatic carbocycles. The molecule has 8 nitrogen and oxygen atoms in total. The van der Waals surface area contributed by atoms with Crippen LogP contribution in [0.25, 0.3) is 0 Å². The Morgan fingerprint density at radius 3 is 2.29 bits per heavy atom. The summed E-state index contributed by atoms with van der Waals surface area (Å²) >= 11 is 0. The molecule has 1 atom stereocenters. The third-order valence-corrected chi connectivity index (χ3v) is 5.21. The van der Waals surface area contributed by atoms with Crippen molar-refractivity contribution in [1.29, 1.82) is 5.26 Å². The fourth-order valence-corrected chi connectivity index (χ4v) is 3.27. The molecule has 1 aromatic heterocycles. The SMILES string of the molecule is CCC(C)(CC(C)(C)C(=O)OC)C(=O)OCc1ccc(N=Nc2ccc(C#N)[nH]2)cc1. The van der Waals surface area contributed by atoms with E-state index >= 15 is 0 Å². The van der Waals surface area contributed by atoms with Gasteiger partial charge in [0.25, 0.3) is 0 Å². The number of nitriles is 1. The van der Waals surface area contributed by atoms with E-state index in [-0.39, 0.29) is 18.5 Å². The predicted octanol–water partition coefficient (Wildman–Crippen LogP) is 5.35. The molecule has 0 fully saturated rings. The quantitative estimate of drug-likeness (QED) is 0.430. The summed E-state index contributed by atoms with van der Waals surface area (Å²) < 4.78 is 10.4. The first-order valence-electron chi connectivity index (χ1n) is 9.99. The molecule has 2 rings (SSSR count). The van der Waals surface area contributed by atoms with Crippen LogP contribution in [0.3, 0.4) is 0 Å². The second-order valence-electron chi connectivity index (χ2n) is 8.28. The Morgan fingerprint density at radius 2 is 1.74 bits per heavy atom. The Morgan fingerprint density at radius 1 is 1.06 bits per heavy atom. The summed E-state index contributed by atoms with van der Waals surface area (Å²) in [5.74, 6) is -0.216.